The molecule has 36 heavy (non-hydrogen) atoms. The predicted molar refractivity (Wildman–Crippen MR) is 143 cm³/mol. The van der Waals surface area contributed by atoms with Crippen molar-refractivity contribution >= 4 is 33.7 Å². The lowest BCUT2D eigenvalue weighted by atomic mass is 9.97. The van der Waals surface area contributed by atoms with Crippen molar-refractivity contribution in [2.75, 3.05) is 0 Å². The predicted octanol–water partition coefficient (Wildman–Crippen LogP) is 4.94. The number of carbonyl (C=O) groups is 1. The van der Waals surface area contributed by atoms with Crippen LogP contribution in [0.25, 0.3) is 10.2 Å². The first kappa shape index (κ1) is 23.9. The van der Waals surface area contributed by atoms with Gasteiger partial charge in [-0.15, -0.1) is 11.3 Å². The number of hydrogen-bond acceptors (Lipinski definition) is 6. The summed E-state index contributed by atoms with van der Waals surface area (Å²) in [6, 6.07) is 15.0. The number of carbonyl (C=O) groups excluding carboxylic acids is 1. The largest absolute Gasteiger partial charge is 0.489 e. The van der Waals surface area contributed by atoms with Crippen LogP contribution in [0, 0.1) is 6.92 Å². The summed E-state index contributed by atoms with van der Waals surface area (Å²) in [6.45, 7) is 4.23. The molecule has 1 N–H and O–H groups in total. The average molecular weight is 501 g/mol. The summed E-state index contributed by atoms with van der Waals surface area (Å²) in [6.07, 6.45) is 7.16. The number of thiophene rings is 1. The number of amides is 1. The van der Waals surface area contributed by atoms with Crippen LogP contribution in [0.15, 0.2) is 64.8 Å². The van der Waals surface area contributed by atoms with Crippen LogP contribution in [-0.4, -0.2) is 21.7 Å². The molecule has 8 heteroatoms. The summed E-state index contributed by atoms with van der Waals surface area (Å²) in [5, 5.41) is 4.74. The van der Waals surface area contributed by atoms with E-state index in [1.807, 2.05) is 24.3 Å². The SMILES string of the molecule is Cc1ccc(COc2ccc(/C=N/NC(=O)C(C)n3cnc4sc5c(c4c3=O)CCCC5)cc2)cc1. The van der Waals surface area contributed by atoms with Crippen molar-refractivity contribution in [2.45, 2.75) is 52.2 Å². The minimum atomic E-state index is -0.733. The Hall–Kier alpha value is -3.78. The quantitative estimate of drug-likeness (QED) is 0.288. The molecule has 0 bridgehead atoms. The number of aromatic nitrogens is 2. The third kappa shape index (κ3) is 5.09. The molecule has 0 spiro atoms. The second-order valence-electron chi connectivity index (χ2n) is 9.10. The Morgan fingerprint density at radius 2 is 1.92 bits per heavy atom. The van der Waals surface area contributed by atoms with Crippen molar-refractivity contribution in [2.24, 2.45) is 5.10 Å². The first-order valence-corrected chi connectivity index (χ1v) is 12.9. The number of ether oxygens (including phenoxy) is 1. The molecule has 0 saturated heterocycles. The summed E-state index contributed by atoms with van der Waals surface area (Å²) in [4.78, 5) is 32.4. The third-order valence-corrected chi connectivity index (χ3v) is 7.69. The van der Waals surface area contributed by atoms with E-state index in [2.05, 4.69) is 46.7 Å². The molecular weight excluding hydrogens is 472 g/mol. The Balaban J connectivity index is 1.20. The monoisotopic (exact) mass is 500 g/mol. The van der Waals surface area contributed by atoms with Gasteiger partial charge in [-0.3, -0.25) is 14.2 Å². The molecule has 5 rings (SSSR count). The van der Waals surface area contributed by atoms with Crippen LogP contribution in [0.4, 0.5) is 0 Å². The first-order valence-electron chi connectivity index (χ1n) is 12.1. The molecule has 1 aliphatic rings. The molecule has 1 amide bonds. The molecule has 2 aromatic heterocycles. The van der Waals surface area contributed by atoms with E-state index < -0.39 is 6.04 Å². The molecule has 2 heterocycles. The first-order chi connectivity index (χ1) is 17.5. The molecule has 0 aliphatic heterocycles. The van der Waals surface area contributed by atoms with Crippen LogP contribution < -0.4 is 15.7 Å². The lowest BCUT2D eigenvalue weighted by Crippen LogP contribution is -2.34. The van der Waals surface area contributed by atoms with Crippen LogP contribution in [0.5, 0.6) is 5.75 Å². The number of aryl methyl sites for hydroxylation is 3. The zero-order valence-electron chi connectivity index (χ0n) is 20.4. The van der Waals surface area contributed by atoms with Gasteiger partial charge in [0.05, 0.1) is 17.9 Å². The van der Waals surface area contributed by atoms with Crippen LogP contribution in [0.2, 0.25) is 0 Å². The number of nitrogens with zero attached hydrogens (tertiary/aromatic N) is 3. The number of benzene rings is 2. The number of hydrogen-bond donors (Lipinski definition) is 1. The van der Waals surface area contributed by atoms with E-state index in [0.717, 1.165) is 53.0 Å². The number of hydrazone groups is 1. The standard InChI is InChI=1S/C28H28N4O3S/c1-18-7-9-21(10-8-18)16-35-22-13-11-20(12-14-22)15-30-31-26(33)19(2)32-17-29-27-25(28(32)34)23-5-3-4-6-24(23)36-27/h7-15,17,19H,3-6,16H2,1-2H3,(H,31,33)/b30-15+. The molecule has 0 saturated carbocycles. The highest BCUT2D eigenvalue weighted by Crippen LogP contribution is 2.33. The Kier molecular flexibility index (Phi) is 6.95. The highest BCUT2D eigenvalue weighted by Gasteiger charge is 2.23. The molecule has 0 fully saturated rings. The summed E-state index contributed by atoms with van der Waals surface area (Å²) >= 11 is 1.60. The fourth-order valence-electron chi connectivity index (χ4n) is 4.33. The maximum atomic E-state index is 13.2. The van der Waals surface area contributed by atoms with Crippen molar-refractivity contribution in [1.82, 2.24) is 15.0 Å². The second-order valence-corrected chi connectivity index (χ2v) is 10.2. The summed E-state index contributed by atoms with van der Waals surface area (Å²) in [5.74, 6) is 0.375. The Morgan fingerprint density at radius 3 is 2.69 bits per heavy atom. The molecule has 7 nitrogen and oxygen atoms in total. The summed E-state index contributed by atoms with van der Waals surface area (Å²) in [7, 11) is 0. The van der Waals surface area contributed by atoms with Gasteiger partial charge in [0.1, 0.15) is 23.2 Å². The smallest absolute Gasteiger partial charge is 0.263 e. The van der Waals surface area contributed by atoms with E-state index in [1.54, 1.807) is 24.5 Å². The minimum absolute atomic E-state index is 0.160. The topological polar surface area (TPSA) is 85.6 Å². The number of rotatable bonds is 7. The Bertz CT molecular complexity index is 1470. The summed E-state index contributed by atoms with van der Waals surface area (Å²) < 4.78 is 7.23. The maximum Gasteiger partial charge on any atom is 0.263 e. The van der Waals surface area contributed by atoms with Gasteiger partial charge in [0.25, 0.3) is 11.5 Å². The van der Waals surface area contributed by atoms with Crippen molar-refractivity contribution in [3.63, 3.8) is 0 Å². The van der Waals surface area contributed by atoms with Gasteiger partial charge in [-0.25, -0.2) is 10.4 Å². The molecule has 4 aromatic rings. The van der Waals surface area contributed by atoms with Gasteiger partial charge >= 0.3 is 0 Å². The normalized spacial score (nSPS) is 14.1. The van der Waals surface area contributed by atoms with Crippen LogP contribution in [0.3, 0.4) is 0 Å². The zero-order valence-corrected chi connectivity index (χ0v) is 21.2. The van der Waals surface area contributed by atoms with Crippen LogP contribution in [-0.2, 0) is 24.2 Å². The van der Waals surface area contributed by atoms with Gasteiger partial charge < -0.3 is 4.74 Å². The van der Waals surface area contributed by atoms with Crippen molar-refractivity contribution in [3.8, 4) is 5.75 Å². The fraction of sp³-hybridized carbons (Fsp3) is 0.286. The number of fused-ring (bicyclic) bond motifs is 3. The summed E-state index contributed by atoms with van der Waals surface area (Å²) in [5.41, 5.74) is 6.64. The third-order valence-electron chi connectivity index (χ3n) is 6.49. The zero-order chi connectivity index (χ0) is 25.1. The van der Waals surface area contributed by atoms with Crippen molar-refractivity contribution in [1.29, 1.82) is 0 Å². The average Bonchev–Trinajstić information content (AvgIpc) is 3.28. The highest BCUT2D eigenvalue weighted by atomic mass is 32.1. The van der Waals surface area contributed by atoms with Gasteiger partial charge in [-0.05, 0) is 80.5 Å². The molecule has 1 atom stereocenters. The molecule has 1 aliphatic carbocycles. The van der Waals surface area contributed by atoms with Gasteiger partial charge in [-0.1, -0.05) is 29.8 Å². The van der Waals surface area contributed by atoms with Crippen LogP contribution in [0.1, 0.15) is 52.9 Å². The van der Waals surface area contributed by atoms with E-state index in [1.165, 1.54) is 21.3 Å². The second kappa shape index (κ2) is 10.5. The Morgan fingerprint density at radius 1 is 1.17 bits per heavy atom. The lowest BCUT2D eigenvalue weighted by molar-refractivity contribution is -0.123. The lowest BCUT2D eigenvalue weighted by Gasteiger charge is -2.14. The van der Waals surface area contributed by atoms with Gasteiger partial charge in [-0.2, -0.15) is 5.10 Å². The number of nitrogens with one attached hydrogen (secondary N) is 1. The minimum Gasteiger partial charge on any atom is -0.489 e. The fourth-order valence-corrected chi connectivity index (χ4v) is 5.55. The molecular formula is C28H28N4O3S. The van der Waals surface area contributed by atoms with Gasteiger partial charge in [0.2, 0.25) is 0 Å². The molecule has 2 aromatic carbocycles. The van der Waals surface area contributed by atoms with Crippen LogP contribution >= 0.6 is 11.3 Å². The van der Waals surface area contributed by atoms with Crippen molar-refractivity contribution < 1.29 is 9.53 Å². The molecule has 184 valence electrons. The van der Waals surface area contributed by atoms with E-state index in [4.69, 9.17) is 4.74 Å². The molecule has 1 unspecified atom stereocenters. The van der Waals surface area contributed by atoms with E-state index in [9.17, 15) is 9.59 Å². The highest BCUT2D eigenvalue weighted by molar-refractivity contribution is 7.18. The van der Waals surface area contributed by atoms with E-state index >= 15 is 0 Å². The maximum absolute atomic E-state index is 13.2. The van der Waals surface area contributed by atoms with Gasteiger partial charge in [0.15, 0.2) is 0 Å². The van der Waals surface area contributed by atoms with Gasteiger partial charge in [0, 0.05) is 4.88 Å². The Labute approximate surface area is 213 Å². The molecule has 0 radical (unpaired) electrons. The van der Waals surface area contributed by atoms with E-state index in [-0.39, 0.29) is 11.5 Å². The van der Waals surface area contributed by atoms with Crippen molar-refractivity contribution in [3.05, 3.63) is 92.3 Å². The van der Waals surface area contributed by atoms with E-state index in [0.29, 0.717) is 12.0 Å².